The molecule has 0 saturated heterocycles. The van der Waals surface area contributed by atoms with Crippen molar-refractivity contribution in [1.82, 2.24) is 9.38 Å². The van der Waals surface area contributed by atoms with Crippen molar-refractivity contribution >= 4 is 33.2 Å². The molecule has 1 N–H and O–H groups in total. The Hall–Kier alpha value is -2.86. The van der Waals surface area contributed by atoms with E-state index in [9.17, 15) is 4.79 Å². The molecule has 0 aliphatic heterocycles. The molecule has 0 atom stereocenters. The first-order chi connectivity index (χ1) is 12.1. The SMILES string of the molecule is Cc1cccn2cc(-c3ccc(NC(=O)c4ccc(Br)o4)cc3)nc12. The van der Waals surface area contributed by atoms with Gasteiger partial charge in [0.15, 0.2) is 10.4 Å². The van der Waals surface area contributed by atoms with Crippen LogP contribution in [-0.2, 0) is 0 Å². The molecule has 0 bridgehead atoms. The molecule has 0 fully saturated rings. The number of benzene rings is 1. The Kier molecular flexibility index (Phi) is 3.89. The van der Waals surface area contributed by atoms with Gasteiger partial charge in [-0.2, -0.15) is 0 Å². The van der Waals surface area contributed by atoms with Crippen LogP contribution in [0.3, 0.4) is 0 Å². The highest BCUT2D eigenvalue weighted by Gasteiger charge is 2.11. The van der Waals surface area contributed by atoms with Crippen molar-refractivity contribution in [3.05, 3.63) is 76.9 Å². The summed E-state index contributed by atoms with van der Waals surface area (Å²) in [6.07, 6.45) is 3.98. The third-order valence-corrected chi connectivity index (χ3v) is 4.34. The van der Waals surface area contributed by atoms with Crippen molar-refractivity contribution in [2.24, 2.45) is 0 Å². The van der Waals surface area contributed by atoms with E-state index in [0.29, 0.717) is 10.4 Å². The smallest absolute Gasteiger partial charge is 0.291 e. The van der Waals surface area contributed by atoms with Crippen LogP contribution in [0.2, 0.25) is 0 Å². The molecule has 124 valence electrons. The number of aryl methyl sites for hydroxylation is 1. The minimum absolute atomic E-state index is 0.256. The highest BCUT2D eigenvalue weighted by atomic mass is 79.9. The van der Waals surface area contributed by atoms with Gasteiger partial charge in [-0.25, -0.2) is 4.98 Å². The van der Waals surface area contributed by atoms with Gasteiger partial charge in [-0.1, -0.05) is 18.2 Å². The Morgan fingerprint density at radius 2 is 1.96 bits per heavy atom. The number of furan rings is 1. The number of carbonyl (C=O) groups excluding carboxylic acids is 1. The molecule has 1 amide bonds. The third-order valence-electron chi connectivity index (χ3n) is 3.91. The molecule has 1 aromatic carbocycles. The molecule has 3 aromatic heterocycles. The second-order valence-corrected chi connectivity index (χ2v) is 6.47. The molecule has 4 aromatic rings. The van der Waals surface area contributed by atoms with Crippen LogP contribution in [0, 0.1) is 6.92 Å². The molecule has 0 unspecified atom stereocenters. The number of pyridine rings is 1. The van der Waals surface area contributed by atoms with Crippen LogP contribution in [-0.4, -0.2) is 15.3 Å². The van der Waals surface area contributed by atoms with E-state index >= 15 is 0 Å². The van der Waals surface area contributed by atoms with Crippen LogP contribution in [0.4, 0.5) is 5.69 Å². The molecule has 6 heteroatoms. The lowest BCUT2D eigenvalue weighted by molar-refractivity contribution is 0.0995. The van der Waals surface area contributed by atoms with E-state index in [-0.39, 0.29) is 11.7 Å². The first kappa shape index (κ1) is 15.7. The number of halogens is 1. The van der Waals surface area contributed by atoms with Gasteiger partial charge in [-0.15, -0.1) is 0 Å². The van der Waals surface area contributed by atoms with Crippen molar-refractivity contribution in [3.63, 3.8) is 0 Å². The Morgan fingerprint density at radius 3 is 2.64 bits per heavy atom. The topological polar surface area (TPSA) is 59.5 Å². The minimum atomic E-state index is -0.290. The van der Waals surface area contributed by atoms with Crippen molar-refractivity contribution in [3.8, 4) is 11.3 Å². The molecular weight excluding hydrogens is 382 g/mol. The lowest BCUT2D eigenvalue weighted by atomic mass is 10.1. The van der Waals surface area contributed by atoms with Crippen molar-refractivity contribution in [1.29, 1.82) is 0 Å². The average Bonchev–Trinajstić information content (AvgIpc) is 3.23. The molecule has 25 heavy (non-hydrogen) atoms. The van der Waals surface area contributed by atoms with Crippen LogP contribution >= 0.6 is 15.9 Å². The maximum absolute atomic E-state index is 12.1. The number of nitrogens with one attached hydrogen (secondary N) is 1. The summed E-state index contributed by atoms with van der Waals surface area (Å²) in [7, 11) is 0. The fraction of sp³-hybridized carbons (Fsp3) is 0.0526. The van der Waals surface area contributed by atoms with E-state index in [1.165, 1.54) is 0 Å². The lowest BCUT2D eigenvalue weighted by Crippen LogP contribution is -2.10. The number of carbonyl (C=O) groups is 1. The molecule has 0 aliphatic carbocycles. The molecule has 4 rings (SSSR count). The molecule has 0 saturated carbocycles. The van der Waals surface area contributed by atoms with Gasteiger partial charge in [0.1, 0.15) is 5.65 Å². The number of imidazole rings is 1. The zero-order valence-electron chi connectivity index (χ0n) is 13.4. The van der Waals surface area contributed by atoms with Gasteiger partial charge in [-0.3, -0.25) is 4.79 Å². The quantitative estimate of drug-likeness (QED) is 0.535. The second-order valence-electron chi connectivity index (χ2n) is 5.68. The largest absolute Gasteiger partial charge is 0.444 e. The summed E-state index contributed by atoms with van der Waals surface area (Å²) >= 11 is 3.19. The second kappa shape index (κ2) is 6.22. The summed E-state index contributed by atoms with van der Waals surface area (Å²) in [5.74, 6) is -0.0337. The van der Waals surface area contributed by atoms with Crippen LogP contribution in [0.5, 0.6) is 0 Å². The minimum Gasteiger partial charge on any atom is -0.444 e. The van der Waals surface area contributed by atoms with E-state index in [1.807, 2.05) is 60.1 Å². The van der Waals surface area contributed by atoms with Gasteiger partial charge in [0.25, 0.3) is 5.91 Å². The zero-order chi connectivity index (χ0) is 17.4. The Labute approximate surface area is 152 Å². The first-order valence-corrected chi connectivity index (χ1v) is 8.51. The summed E-state index contributed by atoms with van der Waals surface area (Å²) in [5.41, 5.74) is 4.64. The van der Waals surface area contributed by atoms with Crippen LogP contribution in [0.1, 0.15) is 16.1 Å². The maximum atomic E-state index is 12.1. The van der Waals surface area contributed by atoms with Gasteiger partial charge in [-0.05, 0) is 58.7 Å². The van der Waals surface area contributed by atoms with Gasteiger partial charge >= 0.3 is 0 Å². The summed E-state index contributed by atoms with van der Waals surface area (Å²) in [6.45, 7) is 2.04. The number of rotatable bonds is 3. The molecule has 0 radical (unpaired) electrons. The van der Waals surface area contributed by atoms with Crippen molar-refractivity contribution in [2.45, 2.75) is 6.92 Å². The molecule has 0 aliphatic rings. The average molecular weight is 396 g/mol. The molecule has 5 nitrogen and oxygen atoms in total. The van der Waals surface area contributed by atoms with E-state index in [4.69, 9.17) is 4.42 Å². The van der Waals surface area contributed by atoms with Gasteiger partial charge < -0.3 is 14.1 Å². The fourth-order valence-electron chi connectivity index (χ4n) is 2.65. The van der Waals surface area contributed by atoms with Crippen LogP contribution in [0.25, 0.3) is 16.9 Å². The number of anilines is 1. The van der Waals surface area contributed by atoms with E-state index in [2.05, 4.69) is 26.2 Å². The highest BCUT2D eigenvalue weighted by Crippen LogP contribution is 2.23. The predicted molar refractivity (Wildman–Crippen MR) is 99.7 cm³/mol. The van der Waals surface area contributed by atoms with Gasteiger partial charge in [0.05, 0.1) is 5.69 Å². The molecular formula is C19H14BrN3O2. The number of fused-ring (bicyclic) bond motifs is 1. The Morgan fingerprint density at radius 1 is 1.16 bits per heavy atom. The Bertz CT molecular complexity index is 1060. The number of amides is 1. The summed E-state index contributed by atoms with van der Waals surface area (Å²) in [5, 5.41) is 2.81. The molecule has 3 heterocycles. The predicted octanol–water partition coefficient (Wildman–Crippen LogP) is 4.92. The van der Waals surface area contributed by atoms with Crippen molar-refractivity contribution < 1.29 is 9.21 Å². The highest BCUT2D eigenvalue weighted by molar-refractivity contribution is 9.10. The van der Waals surface area contributed by atoms with Gasteiger partial charge in [0.2, 0.25) is 0 Å². The van der Waals surface area contributed by atoms with Crippen molar-refractivity contribution in [2.75, 3.05) is 5.32 Å². The molecule has 0 spiro atoms. The van der Waals surface area contributed by atoms with E-state index < -0.39 is 0 Å². The lowest BCUT2D eigenvalue weighted by Gasteiger charge is -2.04. The van der Waals surface area contributed by atoms with Crippen LogP contribution < -0.4 is 5.32 Å². The fourth-order valence-corrected chi connectivity index (χ4v) is 2.95. The normalized spacial score (nSPS) is 11.0. The number of aromatic nitrogens is 2. The summed E-state index contributed by atoms with van der Waals surface area (Å²) < 4.78 is 7.78. The number of hydrogen-bond acceptors (Lipinski definition) is 3. The summed E-state index contributed by atoms with van der Waals surface area (Å²) in [6, 6.07) is 14.9. The number of nitrogens with zero attached hydrogens (tertiary/aromatic N) is 2. The maximum Gasteiger partial charge on any atom is 0.291 e. The standard InChI is InChI=1S/C19H14BrN3O2/c1-12-3-2-10-23-11-15(22-18(12)23)13-4-6-14(7-5-13)21-19(24)16-8-9-17(20)25-16/h2-11H,1H3,(H,21,24). The first-order valence-electron chi connectivity index (χ1n) is 7.71. The number of hydrogen-bond donors (Lipinski definition) is 1. The monoisotopic (exact) mass is 395 g/mol. The van der Waals surface area contributed by atoms with E-state index in [0.717, 1.165) is 22.5 Å². The summed E-state index contributed by atoms with van der Waals surface area (Å²) in [4.78, 5) is 16.8. The van der Waals surface area contributed by atoms with E-state index in [1.54, 1.807) is 12.1 Å². The van der Waals surface area contributed by atoms with Crippen LogP contribution in [0.15, 0.2) is 70.0 Å². The zero-order valence-corrected chi connectivity index (χ0v) is 14.9. The Balaban J connectivity index is 1.57. The van der Waals surface area contributed by atoms with Gasteiger partial charge in [0, 0.05) is 23.6 Å². The third kappa shape index (κ3) is 3.08.